The summed E-state index contributed by atoms with van der Waals surface area (Å²) in [6, 6.07) is 21.8. The molecule has 0 aliphatic heterocycles. The first-order chi connectivity index (χ1) is 17.5. The second-order valence-corrected chi connectivity index (χ2v) is 9.49. The molecule has 0 radical (unpaired) electrons. The first-order valence-corrected chi connectivity index (χ1v) is 12.6. The number of carbonyl (C=O) groups excluding carboxylic acids is 2. The minimum Gasteiger partial charge on any atom is -0.484 e. The molecule has 0 saturated heterocycles. The second kappa shape index (κ2) is 12.5. The van der Waals surface area contributed by atoms with Gasteiger partial charge in [0.2, 0.25) is 5.91 Å². The van der Waals surface area contributed by atoms with Crippen molar-refractivity contribution in [3.63, 3.8) is 0 Å². The van der Waals surface area contributed by atoms with Crippen LogP contribution in [0.2, 0.25) is 5.02 Å². The van der Waals surface area contributed by atoms with Crippen LogP contribution in [-0.4, -0.2) is 35.4 Å². The van der Waals surface area contributed by atoms with Crippen molar-refractivity contribution in [3.05, 3.63) is 101 Å². The van der Waals surface area contributed by atoms with Crippen molar-refractivity contribution in [3.8, 4) is 5.75 Å². The van der Waals surface area contributed by atoms with Gasteiger partial charge in [0.25, 0.3) is 5.91 Å². The van der Waals surface area contributed by atoms with E-state index in [4.69, 9.17) is 16.3 Å². The third kappa shape index (κ3) is 7.08. The molecular formula is C29H30ClFN2O3. The van der Waals surface area contributed by atoms with Crippen LogP contribution in [0.3, 0.4) is 0 Å². The standard InChI is InChI=1S/C29H30ClFN2O3/c30-23-12-8-15-25(18-23)36-20-28(34)33(19-22-11-4-7-16-26(22)31)27(17-21-9-2-1-3-10-21)29(35)32-24-13-5-6-14-24/h1-4,7-12,15-16,18,24,27H,5-6,13-14,17,19-20H2,(H,32,35)/t27-/m0/s1. The molecule has 0 aromatic heterocycles. The van der Waals surface area contributed by atoms with Crippen LogP contribution in [0.25, 0.3) is 0 Å². The summed E-state index contributed by atoms with van der Waals surface area (Å²) in [6.45, 7) is -0.364. The lowest BCUT2D eigenvalue weighted by Crippen LogP contribution is -2.53. The number of halogens is 2. The molecule has 4 rings (SSSR count). The molecule has 1 aliphatic rings. The van der Waals surface area contributed by atoms with Gasteiger partial charge in [-0.2, -0.15) is 0 Å². The van der Waals surface area contributed by atoms with Gasteiger partial charge >= 0.3 is 0 Å². The number of nitrogens with one attached hydrogen (secondary N) is 1. The van der Waals surface area contributed by atoms with Crippen LogP contribution >= 0.6 is 11.6 Å². The molecular weight excluding hydrogens is 479 g/mol. The molecule has 3 aromatic carbocycles. The lowest BCUT2D eigenvalue weighted by Gasteiger charge is -2.32. The van der Waals surface area contributed by atoms with Crippen LogP contribution in [0.1, 0.15) is 36.8 Å². The van der Waals surface area contributed by atoms with E-state index in [1.165, 1.54) is 11.0 Å². The zero-order valence-electron chi connectivity index (χ0n) is 20.0. The van der Waals surface area contributed by atoms with Gasteiger partial charge in [0.1, 0.15) is 17.6 Å². The van der Waals surface area contributed by atoms with Gasteiger partial charge in [-0.25, -0.2) is 4.39 Å². The lowest BCUT2D eigenvalue weighted by atomic mass is 10.0. The SMILES string of the molecule is O=C(NC1CCCC1)[C@H](Cc1ccccc1)N(Cc1ccccc1F)C(=O)COc1cccc(Cl)c1. The summed E-state index contributed by atoms with van der Waals surface area (Å²) in [4.78, 5) is 28.6. The normalized spacial score (nSPS) is 14.3. The Hall–Kier alpha value is -3.38. The van der Waals surface area contributed by atoms with Crippen LogP contribution in [0, 0.1) is 5.82 Å². The summed E-state index contributed by atoms with van der Waals surface area (Å²) in [5.41, 5.74) is 1.24. The van der Waals surface area contributed by atoms with Crippen molar-refractivity contribution in [2.24, 2.45) is 0 Å². The second-order valence-electron chi connectivity index (χ2n) is 9.05. The minimum atomic E-state index is -0.830. The highest BCUT2D eigenvalue weighted by molar-refractivity contribution is 6.30. The summed E-state index contributed by atoms with van der Waals surface area (Å²) in [5, 5.41) is 3.62. The quantitative estimate of drug-likeness (QED) is 0.390. The number of nitrogens with zero attached hydrogens (tertiary/aromatic N) is 1. The van der Waals surface area contributed by atoms with Gasteiger partial charge < -0.3 is 15.0 Å². The predicted octanol–water partition coefficient (Wildman–Crippen LogP) is 5.56. The Morgan fingerprint density at radius 2 is 1.72 bits per heavy atom. The number of ether oxygens (including phenoxy) is 1. The van der Waals surface area contributed by atoms with Crippen molar-refractivity contribution in [1.82, 2.24) is 10.2 Å². The van der Waals surface area contributed by atoms with Crippen molar-refractivity contribution in [2.45, 2.75) is 50.7 Å². The van der Waals surface area contributed by atoms with E-state index >= 15 is 0 Å². The van der Waals surface area contributed by atoms with Gasteiger partial charge in [-0.1, -0.05) is 79.0 Å². The average Bonchev–Trinajstić information content (AvgIpc) is 3.39. The Balaban J connectivity index is 1.62. The van der Waals surface area contributed by atoms with Crippen LogP contribution in [0.4, 0.5) is 4.39 Å². The molecule has 0 unspecified atom stereocenters. The van der Waals surface area contributed by atoms with Crippen molar-refractivity contribution in [1.29, 1.82) is 0 Å². The van der Waals surface area contributed by atoms with Gasteiger partial charge in [0.15, 0.2) is 6.61 Å². The van der Waals surface area contributed by atoms with Crippen molar-refractivity contribution in [2.75, 3.05) is 6.61 Å². The molecule has 36 heavy (non-hydrogen) atoms. The van der Waals surface area contributed by atoms with E-state index in [-0.39, 0.29) is 25.1 Å². The molecule has 0 heterocycles. The fourth-order valence-electron chi connectivity index (χ4n) is 4.52. The number of rotatable bonds is 10. The highest BCUT2D eigenvalue weighted by Gasteiger charge is 2.32. The molecule has 1 N–H and O–H groups in total. The maximum atomic E-state index is 14.6. The first-order valence-electron chi connectivity index (χ1n) is 12.2. The van der Waals surface area contributed by atoms with E-state index in [1.54, 1.807) is 42.5 Å². The van der Waals surface area contributed by atoms with E-state index < -0.39 is 17.8 Å². The van der Waals surface area contributed by atoms with Gasteiger partial charge in [-0.05, 0) is 42.7 Å². The van der Waals surface area contributed by atoms with Crippen molar-refractivity contribution >= 4 is 23.4 Å². The van der Waals surface area contributed by atoms with E-state index in [0.29, 0.717) is 22.8 Å². The molecule has 3 aromatic rings. The summed E-state index contributed by atoms with van der Waals surface area (Å²) in [5.74, 6) is -0.642. The van der Waals surface area contributed by atoms with Gasteiger partial charge in [-0.3, -0.25) is 9.59 Å². The molecule has 188 valence electrons. The Morgan fingerprint density at radius 1 is 1.00 bits per heavy atom. The largest absolute Gasteiger partial charge is 0.484 e. The Bertz CT molecular complexity index is 1170. The minimum absolute atomic E-state index is 0.0556. The number of benzene rings is 3. The Labute approximate surface area is 216 Å². The summed E-state index contributed by atoms with van der Waals surface area (Å²) >= 11 is 6.04. The highest BCUT2D eigenvalue weighted by Crippen LogP contribution is 2.21. The fraction of sp³-hybridized carbons (Fsp3) is 0.310. The number of hydrogen-bond donors (Lipinski definition) is 1. The monoisotopic (exact) mass is 508 g/mol. The molecule has 2 amide bonds. The fourth-order valence-corrected chi connectivity index (χ4v) is 4.70. The van der Waals surface area contributed by atoms with E-state index in [0.717, 1.165) is 31.2 Å². The van der Waals surface area contributed by atoms with Crippen LogP contribution in [-0.2, 0) is 22.6 Å². The summed E-state index contributed by atoms with van der Waals surface area (Å²) in [7, 11) is 0. The zero-order chi connectivity index (χ0) is 25.3. The van der Waals surface area contributed by atoms with E-state index in [9.17, 15) is 14.0 Å². The number of amides is 2. The smallest absolute Gasteiger partial charge is 0.261 e. The van der Waals surface area contributed by atoms with E-state index in [2.05, 4.69) is 5.32 Å². The molecule has 5 nitrogen and oxygen atoms in total. The molecule has 1 atom stereocenters. The molecule has 1 aliphatic carbocycles. The zero-order valence-corrected chi connectivity index (χ0v) is 20.8. The molecule has 0 bridgehead atoms. The third-order valence-electron chi connectivity index (χ3n) is 6.43. The average molecular weight is 509 g/mol. The topological polar surface area (TPSA) is 58.6 Å². The molecule has 7 heteroatoms. The maximum absolute atomic E-state index is 14.6. The predicted molar refractivity (Wildman–Crippen MR) is 138 cm³/mol. The lowest BCUT2D eigenvalue weighted by molar-refractivity contribution is -0.143. The van der Waals surface area contributed by atoms with E-state index in [1.807, 2.05) is 30.3 Å². The van der Waals surface area contributed by atoms with Crippen molar-refractivity contribution < 1.29 is 18.7 Å². The number of hydrogen-bond acceptors (Lipinski definition) is 3. The Morgan fingerprint density at radius 3 is 2.44 bits per heavy atom. The van der Waals surface area contributed by atoms with Crippen LogP contribution in [0.15, 0.2) is 78.9 Å². The maximum Gasteiger partial charge on any atom is 0.261 e. The summed E-state index contributed by atoms with van der Waals surface area (Å²) in [6.07, 6.45) is 4.28. The highest BCUT2D eigenvalue weighted by atomic mass is 35.5. The van der Waals surface area contributed by atoms with Gasteiger partial charge in [0, 0.05) is 29.6 Å². The number of carbonyl (C=O) groups is 2. The van der Waals surface area contributed by atoms with Gasteiger partial charge in [0.05, 0.1) is 0 Å². The van der Waals surface area contributed by atoms with Gasteiger partial charge in [-0.15, -0.1) is 0 Å². The third-order valence-corrected chi connectivity index (χ3v) is 6.66. The Kier molecular flexibility index (Phi) is 8.95. The molecule has 1 fully saturated rings. The first kappa shape index (κ1) is 25.7. The van der Waals surface area contributed by atoms with Crippen LogP contribution < -0.4 is 10.1 Å². The molecule has 1 saturated carbocycles. The van der Waals surface area contributed by atoms with Crippen LogP contribution in [0.5, 0.6) is 5.75 Å². The molecule has 0 spiro atoms. The summed E-state index contributed by atoms with van der Waals surface area (Å²) < 4.78 is 20.4.